The van der Waals surface area contributed by atoms with E-state index >= 15 is 0 Å². The predicted octanol–water partition coefficient (Wildman–Crippen LogP) is 2.84. The number of carbonyl (C=O) groups is 2. The Kier molecular flexibility index (Phi) is 7.40. The van der Waals surface area contributed by atoms with Crippen LogP contribution in [-0.2, 0) is 27.2 Å². The van der Waals surface area contributed by atoms with Gasteiger partial charge in [0.15, 0.2) is 16.6 Å². The molecule has 2 rings (SSSR count). The molecular weight excluding hydrogens is 356 g/mol. The minimum absolute atomic E-state index is 0.103. The first-order valence-corrected chi connectivity index (χ1v) is 9.04. The summed E-state index contributed by atoms with van der Waals surface area (Å²) in [6.45, 7) is 2.09. The van der Waals surface area contributed by atoms with Gasteiger partial charge in [-0.2, -0.15) is 0 Å². The zero-order valence-electron chi connectivity index (χ0n) is 15.0. The van der Waals surface area contributed by atoms with E-state index in [4.69, 9.17) is 14.2 Å². The van der Waals surface area contributed by atoms with Crippen molar-refractivity contribution in [3.05, 3.63) is 34.8 Å². The number of nitrogens with zero attached hydrogens (tertiary/aromatic N) is 1. The second-order valence-corrected chi connectivity index (χ2v) is 6.22. The van der Waals surface area contributed by atoms with E-state index in [1.54, 1.807) is 26.5 Å². The largest absolute Gasteiger partial charge is 0.493 e. The van der Waals surface area contributed by atoms with Crippen molar-refractivity contribution in [1.82, 2.24) is 4.98 Å². The molecule has 1 amide bonds. The number of carbonyl (C=O) groups excluding carboxylic acids is 2. The summed E-state index contributed by atoms with van der Waals surface area (Å²) in [7, 11) is 3.15. The number of thiazole rings is 1. The Bertz CT molecular complexity index is 760. The number of rotatable bonds is 9. The topological polar surface area (TPSA) is 86.8 Å². The monoisotopic (exact) mass is 378 g/mol. The molecule has 0 atom stereocenters. The van der Waals surface area contributed by atoms with Gasteiger partial charge in [-0.15, -0.1) is 11.3 Å². The standard InChI is InChI=1S/C18H22N2O5S/c1-4-25-17(22)10-13-11-26-18(19-13)20-16(21)8-6-12-5-7-14(23-2)15(9-12)24-3/h5,7,9,11H,4,6,8,10H2,1-3H3,(H,19,20,21). The molecular formula is C18H22N2O5S. The second kappa shape index (κ2) is 9.76. The van der Waals surface area contributed by atoms with Gasteiger partial charge in [0.25, 0.3) is 0 Å². The Labute approximate surface area is 156 Å². The van der Waals surface area contributed by atoms with Crippen LogP contribution in [0.1, 0.15) is 24.6 Å². The zero-order valence-corrected chi connectivity index (χ0v) is 15.9. The van der Waals surface area contributed by atoms with Gasteiger partial charge in [0.1, 0.15) is 0 Å². The third-order valence-corrected chi connectivity index (χ3v) is 4.32. The molecule has 140 valence electrons. The van der Waals surface area contributed by atoms with Gasteiger partial charge in [-0.25, -0.2) is 4.98 Å². The second-order valence-electron chi connectivity index (χ2n) is 5.36. The lowest BCUT2D eigenvalue weighted by atomic mass is 10.1. The molecule has 0 saturated heterocycles. The van der Waals surface area contributed by atoms with Gasteiger partial charge in [0, 0.05) is 11.8 Å². The fraction of sp³-hybridized carbons (Fsp3) is 0.389. The van der Waals surface area contributed by atoms with Crippen molar-refractivity contribution >= 4 is 28.3 Å². The van der Waals surface area contributed by atoms with Gasteiger partial charge >= 0.3 is 5.97 Å². The molecule has 0 unspecified atom stereocenters. The van der Waals surface area contributed by atoms with Gasteiger partial charge in [0.05, 0.1) is 32.9 Å². The molecule has 0 radical (unpaired) electrons. The molecule has 1 aromatic carbocycles. The summed E-state index contributed by atoms with van der Waals surface area (Å²) in [6.07, 6.45) is 0.974. The van der Waals surface area contributed by atoms with Crippen LogP contribution >= 0.6 is 11.3 Å². The average molecular weight is 378 g/mol. The lowest BCUT2D eigenvalue weighted by Crippen LogP contribution is -2.12. The van der Waals surface area contributed by atoms with Crippen LogP contribution in [0.5, 0.6) is 11.5 Å². The number of methoxy groups -OCH3 is 2. The Hall–Kier alpha value is -2.61. The molecule has 0 bridgehead atoms. The van der Waals surface area contributed by atoms with Crippen LogP contribution in [-0.4, -0.2) is 37.7 Å². The average Bonchev–Trinajstić information content (AvgIpc) is 3.06. The number of esters is 1. The summed E-state index contributed by atoms with van der Waals surface area (Å²) in [5.41, 5.74) is 1.56. The first-order chi connectivity index (χ1) is 12.5. The Morgan fingerprint density at radius 3 is 2.65 bits per heavy atom. The van der Waals surface area contributed by atoms with Gasteiger partial charge in [-0.1, -0.05) is 6.07 Å². The summed E-state index contributed by atoms with van der Waals surface area (Å²) >= 11 is 1.28. The SMILES string of the molecule is CCOC(=O)Cc1csc(NC(=O)CCc2ccc(OC)c(OC)c2)n1. The minimum atomic E-state index is -0.330. The number of ether oxygens (including phenoxy) is 3. The molecule has 2 aromatic rings. The fourth-order valence-electron chi connectivity index (χ4n) is 2.28. The lowest BCUT2D eigenvalue weighted by molar-refractivity contribution is -0.142. The van der Waals surface area contributed by atoms with Crippen LogP contribution in [0, 0.1) is 0 Å². The van der Waals surface area contributed by atoms with Crippen molar-refractivity contribution in [2.45, 2.75) is 26.2 Å². The van der Waals surface area contributed by atoms with Crippen molar-refractivity contribution in [2.75, 3.05) is 26.1 Å². The highest BCUT2D eigenvalue weighted by atomic mass is 32.1. The van der Waals surface area contributed by atoms with E-state index in [1.807, 2.05) is 18.2 Å². The number of amides is 1. The minimum Gasteiger partial charge on any atom is -0.493 e. The molecule has 7 nitrogen and oxygen atoms in total. The number of anilines is 1. The molecule has 1 aromatic heterocycles. The summed E-state index contributed by atoms with van der Waals surface area (Å²) in [4.78, 5) is 27.8. The maximum atomic E-state index is 12.1. The summed E-state index contributed by atoms with van der Waals surface area (Å²) in [5.74, 6) is 0.813. The molecule has 0 aliphatic rings. The highest BCUT2D eigenvalue weighted by Crippen LogP contribution is 2.28. The van der Waals surface area contributed by atoms with Crippen LogP contribution < -0.4 is 14.8 Å². The van der Waals surface area contributed by atoms with E-state index in [-0.39, 0.29) is 18.3 Å². The number of hydrogen-bond acceptors (Lipinski definition) is 7. The van der Waals surface area contributed by atoms with Crippen LogP contribution in [0.2, 0.25) is 0 Å². The number of nitrogens with one attached hydrogen (secondary N) is 1. The van der Waals surface area contributed by atoms with Crippen molar-refractivity contribution in [2.24, 2.45) is 0 Å². The van der Waals surface area contributed by atoms with Gasteiger partial charge in [-0.3, -0.25) is 9.59 Å². The number of hydrogen-bond donors (Lipinski definition) is 1. The van der Waals surface area contributed by atoms with E-state index in [9.17, 15) is 9.59 Å². The quantitative estimate of drug-likeness (QED) is 0.675. The van der Waals surface area contributed by atoms with Crippen LogP contribution in [0.3, 0.4) is 0 Å². The fourth-order valence-corrected chi connectivity index (χ4v) is 3.01. The Balaban J connectivity index is 1.85. The van der Waals surface area contributed by atoms with Gasteiger partial charge in [0.2, 0.25) is 5.91 Å². The lowest BCUT2D eigenvalue weighted by Gasteiger charge is -2.09. The normalized spacial score (nSPS) is 10.3. The van der Waals surface area contributed by atoms with E-state index in [1.165, 1.54) is 11.3 Å². The van der Waals surface area contributed by atoms with E-state index < -0.39 is 0 Å². The maximum Gasteiger partial charge on any atom is 0.311 e. The molecule has 8 heteroatoms. The number of aromatic nitrogens is 1. The van der Waals surface area contributed by atoms with E-state index in [2.05, 4.69) is 10.3 Å². The smallest absolute Gasteiger partial charge is 0.311 e. The van der Waals surface area contributed by atoms with Crippen LogP contribution in [0.4, 0.5) is 5.13 Å². The van der Waals surface area contributed by atoms with E-state index in [0.717, 1.165) is 5.56 Å². The van der Waals surface area contributed by atoms with Crippen molar-refractivity contribution in [3.63, 3.8) is 0 Å². The molecule has 0 fully saturated rings. The Morgan fingerprint density at radius 2 is 1.96 bits per heavy atom. The van der Waals surface area contributed by atoms with Crippen molar-refractivity contribution in [1.29, 1.82) is 0 Å². The first kappa shape index (κ1) is 19.7. The molecule has 0 spiro atoms. The first-order valence-electron chi connectivity index (χ1n) is 8.16. The summed E-state index contributed by atoms with van der Waals surface area (Å²) < 4.78 is 15.3. The summed E-state index contributed by atoms with van der Waals surface area (Å²) in [5, 5.41) is 4.96. The molecule has 0 saturated carbocycles. The van der Waals surface area contributed by atoms with Gasteiger partial charge in [-0.05, 0) is 31.0 Å². The van der Waals surface area contributed by atoms with Crippen LogP contribution in [0.25, 0.3) is 0 Å². The zero-order chi connectivity index (χ0) is 18.9. The van der Waals surface area contributed by atoms with E-state index in [0.29, 0.717) is 41.8 Å². The molecule has 1 heterocycles. The van der Waals surface area contributed by atoms with Crippen molar-refractivity contribution in [3.8, 4) is 11.5 Å². The highest BCUT2D eigenvalue weighted by Gasteiger charge is 2.11. The van der Waals surface area contributed by atoms with Gasteiger partial charge < -0.3 is 19.5 Å². The highest BCUT2D eigenvalue weighted by molar-refractivity contribution is 7.13. The molecule has 0 aliphatic heterocycles. The molecule has 1 N–H and O–H groups in total. The maximum absolute atomic E-state index is 12.1. The predicted molar refractivity (Wildman–Crippen MR) is 98.9 cm³/mol. The third kappa shape index (κ3) is 5.73. The van der Waals surface area contributed by atoms with Crippen molar-refractivity contribution < 1.29 is 23.8 Å². The Morgan fingerprint density at radius 1 is 1.19 bits per heavy atom. The third-order valence-electron chi connectivity index (χ3n) is 3.52. The van der Waals surface area contributed by atoms with Crippen LogP contribution in [0.15, 0.2) is 23.6 Å². The molecule has 26 heavy (non-hydrogen) atoms. The summed E-state index contributed by atoms with van der Waals surface area (Å²) in [6, 6.07) is 5.57. The molecule has 0 aliphatic carbocycles. The number of benzene rings is 1. The number of aryl methyl sites for hydroxylation is 1.